The molecule has 0 bridgehead atoms. The van der Waals surface area contributed by atoms with Crippen molar-refractivity contribution in [1.82, 2.24) is 9.59 Å². The van der Waals surface area contributed by atoms with E-state index in [4.69, 9.17) is 0 Å². The summed E-state index contributed by atoms with van der Waals surface area (Å²) in [6, 6.07) is 7.77. The standard InChI is InChI=1S/C16H9F4N3O3S2/c17-10-4-6-11(7-5-10)21-14(24)13-15(27-23-22-13)28(25,26)12-3-1-2-9(8-12)16(18,19)20/h1-8H,(H,21,24). The molecule has 6 nitrogen and oxygen atoms in total. The number of sulfone groups is 1. The lowest BCUT2D eigenvalue weighted by molar-refractivity contribution is -0.137. The highest BCUT2D eigenvalue weighted by Crippen LogP contribution is 2.33. The molecule has 0 saturated heterocycles. The number of hydrogen-bond donors (Lipinski definition) is 1. The monoisotopic (exact) mass is 431 g/mol. The van der Waals surface area contributed by atoms with Gasteiger partial charge in [-0.25, -0.2) is 12.8 Å². The van der Waals surface area contributed by atoms with E-state index in [1.807, 2.05) is 0 Å². The van der Waals surface area contributed by atoms with Crippen molar-refractivity contribution in [1.29, 1.82) is 0 Å². The van der Waals surface area contributed by atoms with Crippen LogP contribution >= 0.6 is 11.5 Å². The van der Waals surface area contributed by atoms with Crippen molar-refractivity contribution in [2.75, 3.05) is 5.32 Å². The summed E-state index contributed by atoms with van der Waals surface area (Å²) in [4.78, 5) is 11.7. The first-order chi connectivity index (χ1) is 13.1. The Kier molecular flexibility index (Phi) is 5.17. The minimum atomic E-state index is -4.74. The molecule has 28 heavy (non-hydrogen) atoms. The number of amides is 1. The summed E-state index contributed by atoms with van der Waals surface area (Å²) >= 11 is 0.355. The maximum absolute atomic E-state index is 12.9. The molecule has 0 aliphatic carbocycles. The summed E-state index contributed by atoms with van der Waals surface area (Å²) in [6.45, 7) is 0. The fourth-order valence-corrected chi connectivity index (χ4v) is 4.51. The molecule has 0 fully saturated rings. The molecule has 12 heteroatoms. The fraction of sp³-hybridized carbons (Fsp3) is 0.0625. The Balaban J connectivity index is 1.96. The smallest absolute Gasteiger partial charge is 0.321 e. The van der Waals surface area contributed by atoms with Gasteiger partial charge in [0.25, 0.3) is 5.91 Å². The predicted molar refractivity (Wildman–Crippen MR) is 91.2 cm³/mol. The van der Waals surface area contributed by atoms with Crippen LogP contribution in [0.1, 0.15) is 16.1 Å². The number of nitrogens with zero attached hydrogens (tertiary/aromatic N) is 2. The maximum atomic E-state index is 12.9. The number of carbonyl (C=O) groups is 1. The number of rotatable bonds is 4. The zero-order valence-corrected chi connectivity index (χ0v) is 15.2. The van der Waals surface area contributed by atoms with Gasteiger partial charge in [0.15, 0.2) is 9.90 Å². The van der Waals surface area contributed by atoms with Crippen LogP contribution in [0.3, 0.4) is 0 Å². The number of nitrogens with one attached hydrogen (secondary N) is 1. The highest BCUT2D eigenvalue weighted by Gasteiger charge is 2.34. The first-order valence-corrected chi connectivity index (χ1v) is 9.66. The molecule has 3 aromatic rings. The number of carbonyl (C=O) groups excluding carboxylic acids is 1. The quantitative estimate of drug-likeness (QED) is 0.635. The number of aromatic nitrogens is 2. The number of benzene rings is 2. The molecule has 1 aromatic heterocycles. The molecule has 146 valence electrons. The molecule has 1 N–H and O–H groups in total. The molecule has 0 spiro atoms. The molecule has 1 heterocycles. The molecule has 0 radical (unpaired) electrons. The van der Waals surface area contributed by atoms with Crippen molar-refractivity contribution >= 4 is 33.0 Å². The topological polar surface area (TPSA) is 89.0 Å². The van der Waals surface area contributed by atoms with Gasteiger partial charge in [0, 0.05) is 17.2 Å². The third-order valence-corrected chi connectivity index (χ3v) is 6.45. The average molecular weight is 431 g/mol. The molecule has 0 unspecified atom stereocenters. The zero-order chi connectivity index (χ0) is 20.5. The molecule has 0 aliphatic heterocycles. The van der Waals surface area contributed by atoms with Gasteiger partial charge in [-0.2, -0.15) is 13.2 Å². The van der Waals surface area contributed by atoms with Crippen molar-refractivity contribution in [3.8, 4) is 0 Å². The Hall–Kier alpha value is -2.86. The maximum Gasteiger partial charge on any atom is 0.416 e. The van der Waals surface area contributed by atoms with Gasteiger partial charge in [-0.3, -0.25) is 4.79 Å². The van der Waals surface area contributed by atoms with E-state index < -0.39 is 48.1 Å². The van der Waals surface area contributed by atoms with E-state index >= 15 is 0 Å². The molecule has 3 rings (SSSR count). The van der Waals surface area contributed by atoms with E-state index in [0.717, 1.165) is 30.3 Å². The van der Waals surface area contributed by atoms with Gasteiger partial charge in [-0.1, -0.05) is 10.6 Å². The largest absolute Gasteiger partial charge is 0.416 e. The second-order valence-electron chi connectivity index (χ2n) is 5.40. The van der Waals surface area contributed by atoms with E-state index in [-0.39, 0.29) is 5.69 Å². The van der Waals surface area contributed by atoms with Crippen LogP contribution in [0.15, 0.2) is 57.6 Å². The normalized spacial score (nSPS) is 12.0. The minimum Gasteiger partial charge on any atom is -0.321 e. The van der Waals surface area contributed by atoms with E-state index in [1.165, 1.54) is 12.1 Å². The number of halogens is 4. The number of hydrogen-bond acceptors (Lipinski definition) is 6. The van der Waals surface area contributed by atoms with Gasteiger partial charge in [0.1, 0.15) is 5.82 Å². The molecule has 0 atom stereocenters. The lowest BCUT2D eigenvalue weighted by atomic mass is 10.2. The van der Waals surface area contributed by atoms with Crippen molar-refractivity contribution in [2.24, 2.45) is 0 Å². The van der Waals surface area contributed by atoms with Gasteiger partial charge < -0.3 is 5.32 Å². The molecular weight excluding hydrogens is 422 g/mol. The summed E-state index contributed by atoms with van der Waals surface area (Å²) in [6.07, 6.45) is -4.74. The van der Waals surface area contributed by atoms with Crippen LogP contribution in [0.25, 0.3) is 0 Å². The van der Waals surface area contributed by atoms with Crippen molar-refractivity contribution in [3.63, 3.8) is 0 Å². The summed E-state index contributed by atoms with van der Waals surface area (Å²) in [7, 11) is -4.48. The lowest BCUT2D eigenvalue weighted by Gasteiger charge is -2.09. The Morgan fingerprint density at radius 2 is 1.75 bits per heavy atom. The van der Waals surface area contributed by atoms with E-state index in [2.05, 4.69) is 14.9 Å². The van der Waals surface area contributed by atoms with Crippen LogP contribution in [0.2, 0.25) is 0 Å². The fourth-order valence-electron chi connectivity index (χ4n) is 2.17. The van der Waals surface area contributed by atoms with Crippen LogP contribution in [0.5, 0.6) is 0 Å². The van der Waals surface area contributed by atoms with Crippen LogP contribution in [-0.4, -0.2) is 23.9 Å². The highest BCUT2D eigenvalue weighted by atomic mass is 32.2. The lowest BCUT2D eigenvalue weighted by Crippen LogP contribution is -2.16. The summed E-state index contributed by atoms with van der Waals surface area (Å²) in [5.41, 5.74) is -1.56. The molecule has 1 amide bonds. The number of alkyl halides is 3. The SMILES string of the molecule is O=C(Nc1ccc(F)cc1)c1nnsc1S(=O)(=O)c1cccc(C(F)(F)F)c1. The van der Waals surface area contributed by atoms with E-state index in [9.17, 15) is 30.8 Å². The summed E-state index contributed by atoms with van der Waals surface area (Å²) < 4.78 is 79.8. The van der Waals surface area contributed by atoms with Crippen molar-refractivity contribution in [2.45, 2.75) is 15.3 Å². The second kappa shape index (κ2) is 7.28. The molecule has 0 aliphatic rings. The van der Waals surface area contributed by atoms with Gasteiger partial charge >= 0.3 is 6.18 Å². The van der Waals surface area contributed by atoms with Crippen molar-refractivity contribution < 1.29 is 30.8 Å². The third kappa shape index (κ3) is 4.02. The van der Waals surface area contributed by atoms with Crippen molar-refractivity contribution in [3.05, 3.63) is 65.6 Å². The Morgan fingerprint density at radius 1 is 1.07 bits per heavy atom. The first kappa shape index (κ1) is 19.9. The number of anilines is 1. The van der Waals surface area contributed by atoms with E-state index in [0.29, 0.717) is 17.6 Å². The minimum absolute atomic E-state index is 0.168. The van der Waals surface area contributed by atoms with Gasteiger partial charge in [0.2, 0.25) is 9.84 Å². The average Bonchev–Trinajstić information content (AvgIpc) is 3.14. The van der Waals surface area contributed by atoms with Crippen LogP contribution < -0.4 is 5.32 Å². The van der Waals surface area contributed by atoms with E-state index in [1.54, 1.807) is 0 Å². The summed E-state index contributed by atoms with van der Waals surface area (Å²) in [5.74, 6) is -1.49. The van der Waals surface area contributed by atoms with Gasteiger partial charge in [-0.05, 0) is 42.5 Å². The molecule has 2 aromatic carbocycles. The van der Waals surface area contributed by atoms with Gasteiger partial charge in [-0.15, -0.1) is 5.10 Å². The predicted octanol–water partition coefficient (Wildman–Crippen LogP) is 3.78. The Morgan fingerprint density at radius 3 is 2.39 bits per heavy atom. The van der Waals surface area contributed by atoms with Crippen LogP contribution in [-0.2, 0) is 16.0 Å². The second-order valence-corrected chi connectivity index (χ2v) is 8.30. The van der Waals surface area contributed by atoms with Gasteiger partial charge in [0.05, 0.1) is 10.5 Å². The van der Waals surface area contributed by atoms with Crippen LogP contribution in [0, 0.1) is 5.82 Å². The Bertz CT molecular complexity index is 1130. The Labute approximate surface area is 159 Å². The van der Waals surface area contributed by atoms with Crippen LogP contribution in [0.4, 0.5) is 23.2 Å². The molecule has 0 saturated carbocycles. The highest BCUT2D eigenvalue weighted by molar-refractivity contribution is 7.93. The summed E-state index contributed by atoms with van der Waals surface area (Å²) in [5, 5.41) is 5.80. The molecular formula is C16H9F4N3O3S2. The first-order valence-electron chi connectivity index (χ1n) is 7.40. The zero-order valence-electron chi connectivity index (χ0n) is 13.6. The third-order valence-electron chi connectivity index (χ3n) is 3.49.